The third-order valence-corrected chi connectivity index (χ3v) is 5.85. The zero-order chi connectivity index (χ0) is 13.6. The molecule has 0 aromatic carbocycles. The molecule has 3 rings (SSSR count). The SMILES string of the molecule is CCOC(=O)CC1(C[N+](=O)[O-])[C@@H]2CCC3CC[C@H]1C32. The van der Waals surface area contributed by atoms with Crippen molar-refractivity contribution < 1.29 is 14.5 Å². The van der Waals surface area contributed by atoms with Crippen LogP contribution in [0.5, 0.6) is 0 Å². The maximum absolute atomic E-state index is 11.9. The zero-order valence-corrected chi connectivity index (χ0v) is 11.3. The smallest absolute Gasteiger partial charge is 0.306 e. The third kappa shape index (κ3) is 1.77. The molecule has 5 nitrogen and oxygen atoms in total. The average Bonchev–Trinajstić information content (AvgIpc) is 2.82. The normalized spacial score (nSPS) is 42.6. The van der Waals surface area contributed by atoms with E-state index in [4.69, 9.17) is 4.74 Å². The van der Waals surface area contributed by atoms with Crippen LogP contribution in [0.4, 0.5) is 0 Å². The van der Waals surface area contributed by atoms with Crippen molar-refractivity contribution in [3.63, 3.8) is 0 Å². The summed E-state index contributed by atoms with van der Waals surface area (Å²) in [5.41, 5.74) is -0.397. The highest BCUT2D eigenvalue weighted by Crippen LogP contribution is 2.72. The van der Waals surface area contributed by atoms with Gasteiger partial charge in [0, 0.05) is 4.92 Å². The summed E-state index contributed by atoms with van der Waals surface area (Å²) in [4.78, 5) is 22.7. The summed E-state index contributed by atoms with van der Waals surface area (Å²) < 4.78 is 5.05. The van der Waals surface area contributed by atoms with Crippen molar-refractivity contribution in [3.8, 4) is 0 Å². The Morgan fingerprint density at radius 1 is 1.32 bits per heavy atom. The number of nitrogens with zero attached hydrogens (tertiary/aromatic N) is 1. The summed E-state index contributed by atoms with van der Waals surface area (Å²) in [5, 5.41) is 11.1. The molecule has 19 heavy (non-hydrogen) atoms. The fraction of sp³-hybridized carbons (Fsp3) is 0.929. The van der Waals surface area contributed by atoms with Crippen LogP contribution in [0.25, 0.3) is 0 Å². The lowest BCUT2D eigenvalue weighted by Crippen LogP contribution is -2.58. The molecule has 0 aromatic heterocycles. The van der Waals surface area contributed by atoms with Gasteiger partial charge in [0.1, 0.15) is 0 Å². The molecule has 0 N–H and O–H groups in total. The Balaban J connectivity index is 1.82. The van der Waals surface area contributed by atoms with Crippen LogP contribution in [0.15, 0.2) is 0 Å². The molecular formula is C14H21NO4. The quantitative estimate of drug-likeness (QED) is 0.435. The summed E-state index contributed by atoms with van der Waals surface area (Å²) in [7, 11) is 0. The topological polar surface area (TPSA) is 69.4 Å². The molecule has 0 saturated heterocycles. The molecule has 0 heterocycles. The van der Waals surface area contributed by atoms with Gasteiger partial charge in [-0.05, 0) is 56.3 Å². The van der Waals surface area contributed by atoms with Crippen molar-refractivity contribution >= 4 is 5.97 Å². The van der Waals surface area contributed by atoms with E-state index in [1.807, 2.05) is 0 Å². The summed E-state index contributed by atoms with van der Waals surface area (Å²) in [6.45, 7) is 2.09. The Bertz CT molecular complexity index is 392. The zero-order valence-electron chi connectivity index (χ0n) is 11.3. The van der Waals surface area contributed by atoms with Crippen molar-refractivity contribution in [2.75, 3.05) is 13.2 Å². The molecule has 3 unspecified atom stereocenters. The fourth-order valence-corrected chi connectivity index (χ4v) is 5.41. The van der Waals surface area contributed by atoms with Gasteiger partial charge in [0.2, 0.25) is 6.54 Å². The van der Waals surface area contributed by atoms with Crippen LogP contribution in [0.2, 0.25) is 0 Å². The van der Waals surface area contributed by atoms with Gasteiger partial charge in [-0.25, -0.2) is 0 Å². The third-order valence-electron chi connectivity index (χ3n) is 5.85. The minimum atomic E-state index is -0.397. The molecule has 0 aromatic rings. The minimum Gasteiger partial charge on any atom is -0.466 e. The molecule has 3 saturated carbocycles. The first-order chi connectivity index (χ1) is 9.08. The lowest BCUT2D eigenvalue weighted by atomic mass is 9.47. The van der Waals surface area contributed by atoms with E-state index in [0.717, 1.165) is 18.8 Å². The molecule has 106 valence electrons. The van der Waals surface area contributed by atoms with Gasteiger partial charge in [-0.15, -0.1) is 0 Å². The Kier molecular flexibility index (Phi) is 3.02. The maximum atomic E-state index is 11.9. The molecule has 0 radical (unpaired) electrons. The summed E-state index contributed by atoms with van der Waals surface area (Å²) in [6, 6.07) is 0. The lowest BCUT2D eigenvalue weighted by molar-refractivity contribution is -0.511. The van der Waals surface area contributed by atoms with Gasteiger partial charge in [0.15, 0.2) is 0 Å². The van der Waals surface area contributed by atoms with Gasteiger partial charge in [0.05, 0.1) is 18.4 Å². The van der Waals surface area contributed by atoms with Gasteiger partial charge in [-0.3, -0.25) is 14.9 Å². The van der Waals surface area contributed by atoms with Gasteiger partial charge in [0.25, 0.3) is 0 Å². The predicted octanol–water partition coefficient (Wildman–Crippen LogP) is 2.27. The number of esters is 1. The number of rotatable bonds is 5. The molecule has 0 amide bonds. The van der Waals surface area contributed by atoms with Crippen molar-refractivity contribution in [2.45, 2.75) is 39.0 Å². The second-order valence-corrected chi connectivity index (χ2v) is 6.41. The minimum absolute atomic E-state index is 0.0512. The highest BCUT2D eigenvalue weighted by molar-refractivity contribution is 5.70. The van der Waals surface area contributed by atoms with E-state index in [1.54, 1.807) is 6.92 Å². The molecule has 3 fully saturated rings. The Morgan fingerprint density at radius 3 is 2.47 bits per heavy atom. The van der Waals surface area contributed by atoms with Crippen LogP contribution < -0.4 is 0 Å². The molecule has 0 bridgehead atoms. The monoisotopic (exact) mass is 267 g/mol. The van der Waals surface area contributed by atoms with E-state index >= 15 is 0 Å². The number of ether oxygens (including phenoxy) is 1. The number of carbonyl (C=O) groups excluding carboxylic acids is 1. The highest BCUT2D eigenvalue weighted by atomic mass is 16.6. The highest BCUT2D eigenvalue weighted by Gasteiger charge is 2.70. The molecule has 5 heteroatoms. The fourth-order valence-electron chi connectivity index (χ4n) is 5.41. The largest absolute Gasteiger partial charge is 0.466 e. The van der Waals surface area contributed by atoms with Crippen LogP contribution in [-0.2, 0) is 9.53 Å². The maximum Gasteiger partial charge on any atom is 0.306 e. The Hall–Kier alpha value is -1.13. The van der Waals surface area contributed by atoms with Gasteiger partial charge in [-0.1, -0.05) is 0 Å². The molecule has 5 atom stereocenters. The number of nitro groups is 1. The van der Waals surface area contributed by atoms with E-state index in [9.17, 15) is 14.9 Å². The van der Waals surface area contributed by atoms with E-state index in [2.05, 4.69) is 0 Å². The van der Waals surface area contributed by atoms with Crippen LogP contribution in [-0.4, -0.2) is 24.0 Å². The summed E-state index contributed by atoms with van der Waals surface area (Å²) >= 11 is 0. The van der Waals surface area contributed by atoms with Crippen molar-refractivity contribution in [1.82, 2.24) is 0 Å². The molecule has 0 spiro atoms. The first kappa shape index (κ1) is 12.9. The number of carbonyl (C=O) groups is 1. The van der Waals surface area contributed by atoms with Crippen molar-refractivity contribution in [3.05, 3.63) is 10.1 Å². The summed E-state index contributed by atoms with van der Waals surface area (Å²) in [6.07, 6.45) is 4.79. The molecule has 3 aliphatic rings. The molecule has 0 aliphatic heterocycles. The Morgan fingerprint density at radius 2 is 1.95 bits per heavy atom. The lowest BCUT2D eigenvalue weighted by Gasteiger charge is -2.55. The molecular weight excluding hydrogens is 246 g/mol. The average molecular weight is 267 g/mol. The Labute approximate surface area is 112 Å². The standard InChI is InChI=1S/C14H21NO4/c1-2-19-12(16)7-14(8-15(17)18)10-5-3-9-4-6-11(14)13(9)10/h9-11,13H,2-8H2,1H3/t9?,10-,11+,13?,14?. The van der Waals surface area contributed by atoms with Gasteiger partial charge in [-0.2, -0.15) is 0 Å². The van der Waals surface area contributed by atoms with Crippen LogP contribution >= 0.6 is 0 Å². The van der Waals surface area contributed by atoms with Crippen LogP contribution in [0.1, 0.15) is 39.0 Å². The van der Waals surface area contributed by atoms with E-state index < -0.39 is 5.41 Å². The van der Waals surface area contributed by atoms with Gasteiger partial charge >= 0.3 is 5.97 Å². The van der Waals surface area contributed by atoms with Gasteiger partial charge < -0.3 is 4.74 Å². The first-order valence-corrected chi connectivity index (χ1v) is 7.36. The van der Waals surface area contributed by atoms with Crippen LogP contribution in [0.3, 0.4) is 0 Å². The van der Waals surface area contributed by atoms with Crippen LogP contribution in [0, 0.1) is 39.2 Å². The van der Waals surface area contributed by atoms with E-state index in [0.29, 0.717) is 24.4 Å². The van der Waals surface area contributed by atoms with Crippen molar-refractivity contribution in [2.24, 2.45) is 29.1 Å². The second kappa shape index (κ2) is 4.46. The summed E-state index contributed by atoms with van der Waals surface area (Å²) in [5.74, 6) is 1.96. The predicted molar refractivity (Wildman–Crippen MR) is 68.0 cm³/mol. The van der Waals surface area contributed by atoms with E-state index in [-0.39, 0.29) is 23.9 Å². The second-order valence-electron chi connectivity index (χ2n) is 6.41. The first-order valence-electron chi connectivity index (χ1n) is 7.36. The van der Waals surface area contributed by atoms with Crippen molar-refractivity contribution in [1.29, 1.82) is 0 Å². The van der Waals surface area contributed by atoms with E-state index in [1.165, 1.54) is 12.8 Å². The number of hydrogen-bond acceptors (Lipinski definition) is 4. The number of hydrogen-bond donors (Lipinski definition) is 0. The molecule has 3 aliphatic carbocycles.